The number of halogens is 2. The number of anilines is 2. The molecule has 1 saturated carbocycles. The van der Waals surface area contributed by atoms with Crippen molar-refractivity contribution in [3.05, 3.63) is 44.8 Å². The zero-order valence-corrected chi connectivity index (χ0v) is 12.7. The number of nitrogens with zero attached hydrogens (tertiary/aromatic N) is 1. The number of hydrogen-bond acceptors (Lipinski definition) is 3. The molecule has 2 aromatic rings. The first-order chi connectivity index (χ1) is 9.15. The number of nitrogen functional groups attached to an aromatic ring is 1. The van der Waals surface area contributed by atoms with E-state index < -0.39 is 0 Å². The minimum atomic E-state index is -0.263. The van der Waals surface area contributed by atoms with Gasteiger partial charge in [-0.15, -0.1) is 11.3 Å². The Kier molecular flexibility index (Phi) is 3.50. The highest BCUT2D eigenvalue weighted by Crippen LogP contribution is 2.38. The van der Waals surface area contributed by atoms with Crippen molar-refractivity contribution in [1.29, 1.82) is 0 Å². The van der Waals surface area contributed by atoms with Crippen LogP contribution in [0.15, 0.2) is 34.1 Å². The molecule has 3 rings (SSSR count). The summed E-state index contributed by atoms with van der Waals surface area (Å²) < 4.78 is 14.2. The summed E-state index contributed by atoms with van der Waals surface area (Å²) >= 11 is 4.89. The van der Waals surface area contributed by atoms with Crippen molar-refractivity contribution in [2.45, 2.75) is 25.4 Å². The molecule has 5 heteroatoms. The minimum absolute atomic E-state index is 0.263. The topological polar surface area (TPSA) is 29.3 Å². The maximum absolute atomic E-state index is 13.8. The highest BCUT2D eigenvalue weighted by atomic mass is 79.9. The molecule has 19 heavy (non-hydrogen) atoms. The van der Waals surface area contributed by atoms with Gasteiger partial charge in [-0.3, -0.25) is 0 Å². The Morgan fingerprint density at radius 2 is 2.21 bits per heavy atom. The molecule has 0 saturated heterocycles. The molecule has 100 valence electrons. The van der Waals surface area contributed by atoms with Crippen LogP contribution in [-0.4, -0.2) is 6.04 Å². The first-order valence-electron chi connectivity index (χ1n) is 6.18. The molecule has 1 fully saturated rings. The summed E-state index contributed by atoms with van der Waals surface area (Å²) in [6, 6.07) is 7.81. The molecule has 0 aliphatic heterocycles. The quantitative estimate of drug-likeness (QED) is 0.835. The van der Waals surface area contributed by atoms with Gasteiger partial charge in [0, 0.05) is 17.0 Å². The third-order valence-corrected chi connectivity index (χ3v) is 4.74. The van der Waals surface area contributed by atoms with Gasteiger partial charge in [0.1, 0.15) is 5.82 Å². The van der Waals surface area contributed by atoms with E-state index in [4.69, 9.17) is 5.73 Å². The van der Waals surface area contributed by atoms with Crippen LogP contribution in [0.1, 0.15) is 17.7 Å². The second-order valence-electron chi connectivity index (χ2n) is 4.76. The van der Waals surface area contributed by atoms with E-state index in [9.17, 15) is 4.39 Å². The van der Waals surface area contributed by atoms with Crippen molar-refractivity contribution >= 4 is 38.6 Å². The maximum atomic E-state index is 13.8. The molecule has 0 spiro atoms. The fourth-order valence-corrected chi connectivity index (χ4v) is 3.23. The summed E-state index contributed by atoms with van der Waals surface area (Å²) in [7, 11) is 0. The SMILES string of the molecule is Nc1cc(Br)c(F)cc1N(Cc1cccs1)C1CC1. The van der Waals surface area contributed by atoms with Crippen LogP contribution >= 0.6 is 27.3 Å². The van der Waals surface area contributed by atoms with Gasteiger partial charge in [0.15, 0.2) is 0 Å². The van der Waals surface area contributed by atoms with Gasteiger partial charge in [-0.2, -0.15) is 0 Å². The van der Waals surface area contributed by atoms with Crippen LogP contribution in [0.5, 0.6) is 0 Å². The molecule has 1 aromatic heterocycles. The van der Waals surface area contributed by atoms with Crippen molar-refractivity contribution in [2.75, 3.05) is 10.6 Å². The highest BCUT2D eigenvalue weighted by Gasteiger charge is 2.31. The second-order valence-corrected chi connectivity index (χ2v) is 6.65. The first-order valence-corrected chi connectivity index (χ1v) is 7.86. The fraction of sp³-hybridized carbons (Fsp3) is 0.286. The van der Waals surface area contributed by atoms with Crippen LogP contribution in [0.3, 0.4) is 0 Å². The molecule has 1 aliphatic carbocycles. The Morgan fingerprint density at radius 3 is 2.84 bits per heavy atom. The van der Waals surface area contributed by atoms with Gasteiger partial charge in [-0.25, -0.2) is 4.39 Å². The Bertz CT molecular complexity index is 581. The largest absolute Gasteiger partial charge is 0.397 e. The summed E-state index contributed by atoms with van der Waals surface area (Å²) in [6.45, 7) is 0.799. The lowest BCUT2D eigenvalue weighted by Crippen LogP contribution is -2.25. The maximum Gasteiger partial charge on any atom is 0.139 e. The van der Waals surface area contributed by atoms with Crippen LogP contribution in [0.25, 0.3) is 0 Å². The summed E-state index contributed by atoms with van der Waals surface area (Å²) in [4.78, 5) is 3.49. The van der Waals surface area contributed by atoms with Gasteiger partial charge >= 0.3 is 0 Å². The van der Waals surface area contributed by atoms with E-state index in [1.807, 2.05) is 6.07 Å². The molecule has 2 nitrogen and oxygen atoms in total. The Morgan fingerprint density at radius 1 is 1.42 bits per heavy atom. The van der Waals surface area contributed by atoms with Gasteiger partial charge in [0.2, 0.25) is 0 Å². The lowest BCUT2D eigenvalue weighted by atomic mass is 10.2. The highest BCUT2D eigenvalue weighted by molar-refractivity contribution is 9.10. The summed E-state index contributed by atoms with van der Waals surface area (Å²) in [5.41, 5.74) is 7.48. The van der Waals surface area contributed by atoms with E-state index in [0.717, 1.165) is 25.1 Å². The fourth-order valence-electron chi connectivity index (χ4n) is 2.17. The zero-order chi connectivity index (χ0) is 13.4. The monoisotopic (exact) mass is 340 g/mol. The lowest BCUT2D eigenvalue weighted by Gasteiger charge is -2.26. The number of hydrogen-bond donors (Lipinski definition) is 1. The molecule has 0 radical (unpaired) electrons. The van der Waals surface area contributed by atoms with E-state index in [0.29, 0.717) is 16.2 Å². The summed E-state index contributed by atoms with van der Waals surface area (Å²) in [5, 5.41) is 2.06. The third-order valence-electron chi connectivity index (χ3n) is 3.27. The molecule has 0 amide bonds. The van der Waals surface area contributed by atoms with Crippen molar-refractivity contribution in [3.8, 4) is 0 Å². The van der Waals surface area contributed by atoms with Crippen LogP contribution in [0.2, 0.25) is 0 Å². The Hall–Kier alpha value is -1.07. The first kappa shape index (κ1) is 12.9. The van der Waals surface area contributed by atoms with Crippen molar-refractivity contribution < 1.29 is 4.39 Å². The van der Waals surface area contributed by atoms with Crippen molar-refractivity contribution in [1.82, 2.24) is 0 Å². The van der Waals surface area contributed by atoms with E-state index in [1.165, 1.54) is 10.9 Å². The average Bonchev–Trinajstić information content (AvgIpc) is 3.09. The summed E-state index contributed by atoms with van der Waals surface area (Å²) in [5.74, 6) is -0.263. The minimum Gasteiger partial charge on any atom is -0.397 e. The molecular weight excluding hydrogens is 327 g/mol. The van der Waals surface area contributed by atoms with E-state index >= 15 is 0 Å². The zero-order valence-electron chi connectivity index (χ0n) is 10.3. The standard InChI is InChI=1S/C14H14BrFN2S/c15-11-6-13(17)14(7-12(11)16)18(9-3-4-9)8-10-2-1-5-19-10/h1-2,5-7,9H,3-4,8,17H2. The number of thiophene rings is 1. The summed E-state index contributed by atoms with van der Waals surface area (Å²) in [6.07, 6.45) is 2.31. The number of benzene rings is 1. The van der Waals surface area contributed by atoms with Gasteiger partial charge in [-0.05, 0) is 46.3 Å². The molecule has 0 atom stereocenters. The van der Waals surface area contributed by atoms with Crippen LogP contribution < -0.4 is 10.6 Å². The Balaban J connectivity index is 1.94. The Labute approximate surface area is 124 Å². The van der Waals surface area contributed by atoms with E-state index in [-0.39, 0.29) is 5.82 Å². The average molecular weight is 341 g/mol. The van der Waals surface area contributed by atoms with Gasteiger partial charge < -0.3 is 10.6 Å². The molecule has 0 unspecified atom stereocenters. The molecule has 1 aromatic carbocycles. The smallest absolute Gasteiger partial charge is 0.139 e. The lowest BCUT2D eigenvalue weighted by molar-refractivity contribution is 0.619. The number of rotatable bonds is 4. The third kappa shape index (κ3) is 2.77. The predicted molar refractivity (Wildman–Crippen MR) is 82.0 cm³/mol. The molecule has 1 aliphatic rings. The normalized spacial score (nSPS) is 14.6. The van der Waals surface area contributed by atoms with E-state index in [1.54, 1.807) is 17.4 Å². The molecule has 0 bridgehead atoms. The predicted octanol–water partition coefficient (Wildman–Crippen LogP) is 4.40. The molecule has 1 heterocycles. The molecule has 2 N–H and O–H groups in total. The van der Waals surface area contributed by atoms with Crippen LogP contribution in [0, 0.1) is 5.82 Å². The van der Waals surface area contributed by atoms with E-state index in [2.05, 4.69) is 32.3 Å². The van der Waals surface area contributed by atoms with Crippen molar-refractivity contribution in [2.24, 2.45) is 0 Å². The van der Waals surface area contributed by atoms with Gasteiger partial charge in [-0.1, -0.05) is 6.07 Å². The molecular formula is C14H14BrFN2S. The van der Waals surface area contributed by atoms with Crippen LogP contribution in [-0.2, 0) is 6.54 Å². The van der Waals surface area contributed by atoms with Crippen LogP contribution in [0.4, 0.5) is 15.8 Å². The second kappa shape index (κ2) is 5.13. The number of nitrogens with two attached hydrogens (primary N) is 1. The van der Waals surface area contributed by atoms with Gasteiger partial charge in [0.05, 0.1) is 22.4 Å². The van der Waals surface area contributed by atoms with Crippen molar-refractivity contribution in [3.63, 3.8) is 0 Å². The van der Waals surface area contributed by atoms with Gasteiger partial charge in [0.25, 0.3) is 0 Å².